The molecule has 4 rings (SSSR count). The Balaban J connectivity index is 1.55. The van der Waals surface area contributed by atoms with E-state index in [1.54, 1.807) is 38.1 Å². The van der Waals surface area contributed by atoms with Crippen LogP contribution in [0.5, 0.6) is 0 Å². The minimum atomic E-state index is -0.556. The summed E-state index contributed by atoms with van der Waals surface area (Å²) in [6, 6.07) is 14.1. The van der Waals surface area contributed by atoms with Crippen molar-refractivity contribution >= 4 is 34.8 Å². The number of rotatable bonds is 5. The van der Waals surface area contributed by atoms with E-state index >= 15 is 0 Å². The number of allylic oxidation sites excluding steroid dienone is 1. The normalized spacial score (nSPS) is 17.7. The highest BCUT2D eigenvalue weighted by molar-refractivity contribution is 6.54. The number of benzene rings is 2. The minimum absolute atomic E-state index is 0.131. The van der Waals surface area contributed by atoms with Crippen LogP contribution in [0.25, 0.3) is 5.76 Å². The summed E-state index contributed by atoms with van der Waals surface area (Å²) in [5.41, 5.74) is 3.16. The maximum Gasteiger partial charge on any atom is 0.339 e. The average molecular weight is 461 g/mol. The van der Waals surface area contributed by atoms with Gasteiger partial charge in [0.15, 0.2) is 6.73 Å². The number of nitrogens with zero attached hydrogens (tertiary/aromatic N) is 1. The second kappa shape index (κ2) is 9.25. The van der Waals surface area contributed by atoms with Crippen molar-refractivity contribution < 1.29 is 23.9 Å². The Morgan fingerprint density at radius 3 is 2.44 bits per heavy atom. The maximum absolute atomic E-state index is 13.4. The number of amides is 1. The smallest absolute Gasteiger partial charge is 0.339 e. The van der Waals surface area contributed by atoms with Crippen LogP contribution in [0, 0.1) is 5.92 Å². The molecule has 1 N–H and O–H groups in total. The number of fused-ring (bicyclic) bond motifs is 2. The zero-order chi connectivity index (χ0) is 24.5. The van der Waals surface area contributed by atoms with Crippen LogP contribution in [-0.4, -0.2) is 35.7 Å². The molecule has 2 aliphatic rings. The van der Waals surface area contributed by atoms with Gasteiger partial charge in [-0.25, -0.2) is 9.79 Å². The molecule has 0 bridgehead atoms. The molecule has 1 aliphatic carbocycles. The second-order valence-corrected chi connectivity index (χ2v) is 9.32. The van der Waals surface area contributed by atoms with Gasteiger partial charge in [-0.1, -0.05) is 38.1 Å². The quantitative estimate of drug-likeness (QED) is 0.521. The number of carbonyl (C=O) groups excluding carboxylic acids is 3. The monoisotopic (exact) mass is 460 g/mol. The van der Waals surface area contributed by atoms with Crippen molar-refractivity contribution in [1.29, 1.82) is 0 Å². The SMILES string of the molecule is CC(C)C(=O)NCOC(=O)c1ccc(/N=C2\C(=O)C3=C(OC(C)(C)CC3)c3ccccc32)cc1. The van der Waals surface area contributed by atoms with Gasteiger partial charge in [0.25, 0.3) is 0 Å². The maximum atomic E-state index is 13.4. The molecule has 7 nitrogen and oxygen atoms in total. The molecule has 1 amide bonds. The number of hydrogen-bond donors (Lipinski definition) is 1. The number of Topliss-reactive ketones (excluding diaryl/α,β-unsaturated/α-hetero) is 1. The lowest BCUT2D eigenvalue weighted by Gasteiger charge is -2.36. The summed E-state index contributed by atoms with van der Waals surface area (Å²) < 4.78 is 11.3. The van der Waals surface area contributed by atoms with Gasteiger partial charge in [-0.05, 0) is 51.0 Å². The highest BCUT2D eigenvalue weighted by atomic mass is 16.5. The summed E-state index contributed by atoms with van der Waals surface area (Å²) in [7, 11) is 0. The average Bonchev–Trinajstić information content (AvgIpc) is 2.81. The van der Waals surface area contributed by atoms with Crippen LogP contribution in [0.1, 0.15) is 62.0 Å². The first kappa shape index (κ1) is 23.4. The molecule has 0 saturated carbocycles. The van der Waals surface area contributed by atoms with Crippen LogP contribution >= 0.6 is 0 Å². The third kappa shape index (κ3) is 4.78. The van der Waals surface area contributed by atoms with Gasteiger partial charge in [-0.2, -0.15) is 0 Å². The summed E-state index contributed by atoms with van der Waals surface area (Å²) in [5, 5.41) is 2.53. The van der Waals surface area contributed by atoms with Gasteiger partial charge in [0.05, 0.1) is 11.3 Å². The third-order valence-corrected chi connectivity index (χ3v) is 5.86. The molecule has 0 unspecified atom stereocenters. The van der Waals surface area contributed by atoms with Crippen LogP contribution < -0.4 is 5.32 Å². The van der Waals surface area contributed by atoms with Gasteiger partial charge >= 0.3 is 5.97 Å². The van der Waals surface area contributed by atoms with Gasteiger partial charge in [0.2, 0.25) is 11.7 Å². The van der Waals surface area contributed by atoms with Crippen molar-refractivity contribution in [3.8, 4) is 0 Å². The van der Waals surface area contributed by atoms with E-state index in [1.165, 1.54) is 0 Å². The largest absolute Gasteiger partial charge is 0.487 e. The number of hydrogen-bond acceptors (Lipinski definition) is 6. The molecular weight excluding hydrogens is 432 g/mol. The van der Waals surface area contributed by atoms with Gasteiger partial charge in [-0.3, -0.25) is 9.59 Å². The Labute approximate surface area is 198 Å². The Bertz CT molecular complexity index is 1210. The van der Waals surface area contributed by atoms with E-state index in [0.717, 1.165) is 17.5 Å². The van der Waals surface area contributed by atoms with Crippen molar-refractivity contribution in [3.63, 3.8) is 0 Å². The van der Waals surface area contributed by atoms with Gasteiger partial charge < -0.3 is 14.8 Å². The van der Waals surface area contributed by atoms with Crippen molar-refractivity contribution in [1.82, 2.24) is 5.32 Å². The molecule has 0 saturated heterocycles. The first-order chi connectivity index (χ1) is 16.2. The number of ether oxygens (including phenoxy) is 2. The fourth-order valence-electron chi connectivity index (χ4n) is 3.89. The lowest BCUT2D eigenvalue weighted by atomic mass is 9.82. The lowest BCUT2D eigenvalue weighted by Crippen LogP contribution is -2.34. The van der Waals surface area contributed by atoms with Gasteiger partial charge in [0.1, 0.15) is 17.1 Å². The molecule has 34 heavy (non-hydrogen) atoms. The Kier molecular flexibility index (Phi) is 6.37. The molecular formula is C27H28N2O5. The predicted molar refractivity (Wildman–Crippen MR) is 129 cm³/mol. The lowest BCUT2D eigenvalue weighted by molar-refractivity contribution is -0.125. The fourth-order valence-corrected chi connectivity index (χ4v) is 3.89. The van der Waals surface area contributed by atoms with Crippen LogP contribution in [0.4, 0.5) is 5.69 Å². The van der Waals surface area contributed by atoms with Crippen molar-refractivity contribution in [3.05, 3.63) is 70.8 Å². The van der Waals surface area contributed by atoms with Crippen LogP contribution in [0.3, 0.4) is 0 Å². The van der Waals surface area contributed by atoms with Crippen molar-refractivity contribution in [2.75, 3.05) is 6.73 Å². The summed E-state index contributed by atoms with van der Waals surface area (Å²) in [4.78, 5) is 41.8. The summed E-state index contributed by atoms with van der Waals surface area (Å²) in [6.07, 6.45) is 1.38. The molecule has 176 valence electrons. The van der Waals surface area contributed by atoms with E-state index in [4.69, 9.17) is 9.47 Å². The molecule has 0 aromatic heterocycles. The molecule has 1 heterocycles. The van der Waals surface area contributed by atoms with Crippen LogP contribution in [-0.2, 0) is 19.1 Å². The molecule has 0 fully saturated rings. The predicted octanol–water partition coefficient (Wildman–Crippen LogP) is 4.58. The van der Waals surface area contributed by atoms with E-state index in [-0.39, 0.29) is 29.9 Å². The van der Waals surface area contributed by atoms with E-state index in [9.17, 15) is 14.4 Å². The number of aliphatic imine (C=N–C) groups is 1. The zero-order valence-electron chi connectivity index (χ0n) is 19.8. The van der Waals surface area contributed by atoms with E-state index < -0.39 is 5.97 Å². The van der Waals surface area contributed by atoms with Crippen LogP contribution in [0.2, 0.25) is 0 Å². The number of carbonyl (C=O) groups is 3. The Hall–Kier alpha value is -3.74. The third-order valence-electron chi connectivity index (χ3n) is 5.86. The van der Waals surface area contributed by atoms with Crippen molar-refractivity contribution in [2.24, 2.45) is 10.9 Å². The minimum Gasteiger partial charge on any atom is -0.487 e. The molecule has 2 aromatic carbocycles. The summed E-state index contributed by atoms with van der Waals surface area (Å²) in [6.45, 7) is 7.37. The van der Waals surface area contributed by atoms with Crippen LogP contribution in [0.15, 0.2) is 59.1 Å². The highest BCUT2D eigenvalue weighted by Gasteiger charge is 2.38. The topological polar surface area (TPSA) is 94.1 Å². The van der Waals surface area contributed by atoms with Crippen molar-refractivity contribution in [2.45, 2.75) is 46.1 Å². The number of nitrogens with one attached hydrogen (secondary N) is 1. The standard InChI is InChI=1S/C27H28N2O5/c1-16(2)25(31)28-15-33-26(32)17-9-11-18(12-10-17)29-22-19-7-5-6-8-20(19)24-21(23(22)30)13-14-27(3,4)34-24/h5-12,16H,13-15H2,1-4H3,(H,28,31)/b29-22-. The Morgan fingerprint density at radius 2 is 1.76 bits per heavy atom. The Morgan fingerprint density at radius 1 is 1.09 bits per heavy atom. The first-order valence-electron chi connectivity index (χ1n) is 11.4. The second-order valence-electron chi connectivity index (χ2n) is 9.32. The zero-order valence-corrected chi connectivity index (χ0v) is 19.8. The highest BCUT2D eigenvalue weighted by Crippen LogP contribution is 2.41. The molecule has 0 atom stereocenters. The number of ketones is 1. The molecule has 7 heteroatoms. The van der Waals surface area contributed by atoms with E-state index in [1.807, 2.05) is 38.1 Å². The van der Waals surface area contributed by atoms with Gasteiger partial charge in [0, 0.05) is 22.6 Å². The van der Waals surface area contributed by atoms with Gasteiger partial charge in [-0.15, -0.1) is 0 Å². The van der Waals surface area contributed by atoms with E-state index in [2.05, 4.69) is 10.3 Å². The fraction of sp³-hybridized carbons (Fsp3) is 0.333. The van der Waals surface area contributed by atoms with E-state index in [0.29, 0.717) is 34.7 Å². The molecule has 1 aliphatic heterocycles. The molecule has 0 radical (unpaired) electrons. The summed E-state index contributed by atoms with van der Waals surface area (Å²) in [5.74, 6) is -0.420. The number of esters is 1. The summed E-state index contributed by atoms with van der Waals surface area (Å²) >= 11 is 0. The first-order valence-corrected chi connectivity index (χ1v) is 11.4. The molecule has 2 aromatic rings. The molecule has 0 spiro atoms.